The van der Waals surface area contributed by atoms with Crippen molar-refractivity contribution in [3.63, 3.8) is 0 Å². The highest BCUT2D eigenvalue weighted by Crippen LogP contribution is 2.22. The number of carbonyl (C=O) groups excluding carboxylic acids is 1. The number of rotatable bonds is 3. The molecule has 0 atom stereocenters. The molecule has 160 valence electrons. The van der Waals surface area contributed by atoms with Crippen molar-refractivity contribution in [3.8, 4) is 11.3 Å². The Bertz CT molecular complexity index is 1280. The average Bonchev–Trinajstić information content (AvgIpc) is 2.85. The van der Waals surface area contributed by atoms with Gasteiger partial charge in [-0.15, -0.1) is 10.2 Å². The third-order valence-electron chi connectivity index (χ3n) is 6.16. The second-order valence-corrected chi connectivity index (χ2v) is 8.24. The quantitative estimate of drug-likeness (QED) is 0.492. The normalized spacial score (nSPS) is 14.1. The summed E-state index contributed by atoms with van der Waals surface area (Å²) >= 11 is 0. The summed E-state index contributed by atoms with van der Waals surface area (Å²) in [6.07, 6.45) is 0. The second kappa shape index (κ2) is 8.38. The van der Waals surface area contributed by atoms with Crippen molar-refractivity contribution in [2.24, 2.45) is 0 Å². The maximum atomic E-state index is 13.0. The highest BCUT2D eigenvalue weighted by Gasteiger charge is 2.24. The van der Waals surface area contributed by atoms with Crippen LogP contribution in [0.1, 0.15) is 21.6 Å². The van der Waals surface area contributed by atoms with Crippen LogP contribution in [-0.4, -0.2) is 52.2 Å². The summed E-state index contributed by atoms with van der Waals surface area (Å²) in [7, 11) is 0. The first-order chi connectivity index (χ1) is 15.6. The van der Waals surface area contributed by atoms with Crippen LogP contribution in [-0.2, 0) is 0 Å². The number of fused-ring (bicyclic) bond motifs is 1. The molecule has 1 aliphatic heterocycles. The lowest BCUT2D eigenvalue weighted by atomic mass is 10.0. The van der Waals surface area contributed by atoms with E-state index in [0.717, 1.165) is 41.1 Å². The highest BCUT2D eigenvalue weighted by molar-refractivity contribution is 5.95. The second-order valence-electron chi connectivity index (χ2n) is 8.24. The van der Waals surface area contributed by atoms with Crippen LogP contribution in [0.15, 0.2) is 66.7 Å². The number of anilines is 1. The van der Waals surface area contributed by atoms with Gasteiger partial charge in [0.05, 0.1) is 11.2 Å². The maximum Gasteiger partial charge on any atom is 0.272 e. The Hall–Kier alpha value is -3.80. The van der Waals surface area contributed by atoms with Gasteiger partial charge in [-0.3, -0.25) is 4.79 Å². The van der Waals surface area contributed by atoms with Gasteiger partial charge in [0.2, 0.25) is 0 Å². The zero-order chi connectivity index (χ0) is 22.1. The lowest BCUT2D eigenvalue weighted by Crippen LogP contribution is -2.49. The minimum atomic E-state index is -0.0217. The van der Waals surface area contributed by atoms with E-state index in [1.807, 2.05) is 53.4 Å². The molecule has 0 unspecified atom stereocenters. The minimum absolute atomic E-state index is 0.0217. The summed E-state index contributed by atoms with van der Waals surface area (Å²) in [5, 5.41) is 9.94. The van der Waals surface area contributed by atoms with E-state index < -0.39 is 0 Å². The Balaban J connectivity index is 1.24. The number of amides is 1. The number of piperazine rings is 1. The molecule has 2 aromatic carbocycles. The molecule has 0 spiro atoms. The lowest BCUT2D eigenvalue weighted by Gasteiger charge is -2.35. The zero-order valence-corrected chi connectivity index (χ0v) is 18.3. The SMILES string of the molecule is Cc1ccc(-c2ccc(N3CCN(C(=O)c4ccc5ccccc5n4)CC3)nn2)cc1C. The van der Waals surface area contributed by atoms with E-state index in [2.05, 4.69) is 52.1 Å². The third kappa shape index (κ3) is 3.91. The van der Waals surface area contributed by atoms with Gasteiger partial charge in [0, 0.05) is 37.1 Å². The molecule has 6 heteroatoms. The van der Waals surface area contributed by atoms with Crippen LogP contribution in [0, 0.1) is 13.8 Å². The third-order valence-corrected chi connectivity index (χ3v) is 6.16. The van der Waals surface area contributed by atoms with Gasteiger partial charge in [-0.1, -0.05) is 36.4 Å². The van der Waals surface area contributed by atoms with Gasteiger partial charge in [-0.25, -0.2) is 4.98 Å². The minimum Gasteiger partial charge on any atom is -0.352 e. The lowest BCUT2D eigenvalue weighted by molar-refractivity contribution is 0.0741. The van der Waals surface area contributed by atoms with Gasteiger partial charge < -0.3 is 9.80 Å². The van der Waals surface area contributed by atoms with Gasteiger partial charge >= 0.3 is 0 Å². The molecule has 1 amide bonds. The molecule has 0 aliphatic carbocycles. The molecule has 1 saturated heterocycles. The summed E-state index contributed by atoms with van der Waals surface area (Å²) in [5.41, 5.74) is 5.80. The first-order valence-corrected chi connectivity index (χ1v) is 10.9. The highest BCUT2D eigenvalue weighted by atomic mass is 16.2. The molecule has 32 heavy (non-hydrogen) atoms. The predicted octanol–water partition coefficient (Wildman–Crippen LogP) is 4.27. The van der Waals surface area contributed by atoms with Crippen molar-refractivity contribution < 1.29 is 4.79 Å². The standard InChI is InChI=1S/C26H25N5O/c1-18-7-8-21(17-19(18)2)23-11-12-25(29-28-23)30-13-15-31(16-14-30)26(32)24-10-9-20-5-3-4-6-22(20)27-24/h3-12,17H,13-16H2,1-2H3. The first kappa shape index (κ1) is 20.1. The summed E-state index contributed by atoms with van der Waals surface area (Å²) in [6.45, 7) is 6.92. The molecular formula is C26H25N5O. The summed E-state index contributed by atoms with van der Waals surface area (Å²) < 4.78 is 0. The Morgan fingerprint density at radius 3 is 2.38 bits per heavy atom. The van der Waals surface area contributed by atoms with Crippen LogP contribution in [0.3, 0.4) is 0 Å². The number of hydrogen-bond acceptors (Lipinski definition) is 5. The summed E-state index contributed by atoms with van der Waals surface area (Å²) in [5.74, 6) is 0.820. The molecule has 4 aromatic rings. The van der Waals surface area contributed by atoms with Crippen LogP contribution in [0.25, 0.3) is 22.2 Å². The molecule has 2 aromatic heterocycles. The number of benzene rings is 2. The van der Waals surface area contributed by atoms with Crippen molar-refractivity contribution in [1.82, 2.24) is 20.1 Å². The number of hydrogen-bond donors (Lipinski definition) is 0. The number of aromatic nitrogens is 3. The van der Waals surface area contributed by atoms with E-state index in [4.69, 9.17) is 0 Å². The van der Waals surface area contributed by atoms with Gasteiger partial charge in [0.1, 0.15) is 5.69 Å². The maximum absolute atomic E-state index is 13.0. The van der Waals surface area contributed by atoms with Gasteiger partial charge in [0.25, 0.3) is 5.91 Å². The van der Waals surface area contributed by atoms with Crippen molar-refractivity contribution in [3.05, 3.63) is 83.6 Å². The van der Waals surface area contributed by atoms with Crippen LogP contribution in [0.5, 0.6) is 0 Å². The molecular weight excluding hydrogens is 398 g/mol. The molecule has 0 bridgehead atoms. The van der Waals surface area contributed by atoms with E-state index in [1.165, 1.54) is 11.1 Å². The molecule has 1 fully saturated rings. The Morgan fingerprint density at radius 2 is 1.62 bits per heavy atom. The van der Waals surface area contributed by atoms with Crippen molar-refractivity contribution in [2.45, 2.75) is 13.8 Å². The van der Waals surface area contributed by atoms with Crippen LogP contribution in [0.4, 0.5) is 5.82 Å². The smallest absolute Gasteiger partial charge is 0.272 e. The Labute approximate surface area is 187 Å². The molecule has 0 saturated carbocycles. The predicted molar refractivity (Wildman–Crippen MR) is 127 cm³/mol. The first-order valence-electron chi connectivity index (χ1n) is 10.9. The average molecular weight is 424 g/mol. The van der Waals surface area contributed by atoms with Gasteiger partial charge in [-0.05, 0) is 55.3 Å². The van der Waals surface area contributed by atoms with E-state index in [9.17, 15) is 4.79 Å². The fourth-order valence-corrected chi connectivity index (χ4v) is 4.03. The van der Waals surface area contributed by atoms with E-state index in [0.29, 0.717) is 18.8 Å². The Morgan fingerprint density at radius 1 is 0.812 bits per heavy atom. The number of carbonyl (C=O) groups is 1. The number of aryl methyl sites for hydroxylation is 2. The van der Waals surface area contributed by atoms with Crippen molar-refractivity contribution in [2.75, 3.05) is 31.1 Å². The fourth-order valence-electron chi connectivity index (χ4n) is 4.03. The van der Waals surface area contributed by atoms with Crippen LogP contribution < -0.4 is 4.90 Å². The largest absolute Gasteiger partial charge is 0.352 e. The number of para-hydroxylation sites is 1. The van der Waals surface area contributed by atoms with Gasteiger partial charge in [-0.2, -0.15) is 0 Å². The number of pyridine rings is 1. The Kier molecular flexibility index (Phi) is 5.27. The van der Waals surface area contributed by atoms with E-state index >= 15 is 0 Å². The summed E-state index contributed by atoms with van der Waals surface area (Å²) in [4.78, 5) is 21.5. The zero-order valence-electron chi connectivity index (χ0n) is 18.3. The number of nitrogens with zero attached hydrogens (tertiary/aromatic N) is 5. The van der Waals surface area contributed by atoms with Crippen molar-refractivity contribution in [1.29, 1.82) is 0 Å². The van der Waals surface area contributed by atoms with Gasteiger partial charge in [0.15, 0.2) is 5.82 Å². The monoisotopic (exact) mass is 423 g/mol. The van der Waals surface area contributed by atoms with Crippen LogP contribution >= 0.6 is 0 Å². The molecule has 6 nitrogen and oxygen atoms in total. The fraction of sp³-hybridized carbons (Fsp3) is 0.231. The molecule has 1 aliphatic rings. The molecule has 0 radical (unpaired) electrons. The van der Waals surface area contributed by atoms with Crippen molar-refractivity contribution >= 4 is 22.6 Å². The molecule has 3 heterocycles. The summed E-state index contributed by atoms with van der Waals surface area (Å²) in [6, 6.07) is 22.0. The molecule has 0 N–H and O–H groups in total. The molecule has 5 rings (SSSR count). The van der Waals surface area contributed by atoms with E-state index in [-0.39, 0.29) is 5.91 Å². The topological polar surface area (TPSA) is 62.2 Å². The van der Waals surface area contributed by atoms with Crippen LogP contribution in [0.2, 0.25) is 0 Å². The van der Waals surface area contributed by atoms with E-state index in [1.54, 1.807) is 0 Å².